The van der Waals surface area contributed by atoms with E-state index >= 15 is 0 Å². The molecule has 0 aliphatic rings. The zero-order chi connectivity index (χ0) is 14.2. The fraction of sp³-hybridized carbons (Fsp3) is 0.308. The fourth-order valence-electron chi connectivity index (χ4n) is 1.86. The van der Waals surface area contributed by atoms with Crippen LogP contribution in [-0.4, -0.2) is 15.3 Å². The van der Waals surface area contributed by atoms with Gasteiger partial charge in [0.1, 0.15) is 11.6 Å². The lowest BCUT2D eigenvalue weighted by molar-refractivity contribution is 0.147. The molecule has 1 aromatic carbocycles. The van der Waals surface area contributed by atoms with Gasteiger partial charge >= 0.3 is 0 Å². The van der Waals surface area contributed by atoms with Crippen molar-refractivity contribution in [3.63, 3.8) is 0 Å². The Morgan fingerprint density at radius 3 is 2.42 bits per heavy atom. The van der Waals surface area contributed by atoms with Crippen LogP contribution in [0.5, 0.6) is 5.75 Å². The first kappa shape index (κ1) is 13.3. The summed E-state index contributed by atoms with van der Waals surface area (Å²) in [6.07, 6.45) is -2.74. The molecule has 6 heteroatoms. The summed E-state index contributed by atoms with van der Waals surface area (Å²) in [6.45, 7) is 3.79. The molecule has 1 aromatic heterocycles. The number of rotatable bonds is 3. The molecule has 0 fully saturated rings. The third-order valence-electron chi connectivity index (χ3n) is 2.95. The number of benzene rings is 1. The molecule has 0 bridgehead atoms. The summed E-state index contributed by atoms with van der Waals surface area (Å²) in [6, 6.07) is 4.49. The van der Waals surface area contributed by atoms with Crippen molar-refractivity contribution in [3.8, 4) is 17.0 Å². The molecule has 4 N–H and O–H groups in total. The van der Waals surface area contributed by atoms with Gasteiger partial charge in [0.2, 0.25) is 0 Å². The van der Waals surface area contributed by atoms with E-state index in [1.165, 1.54) is 12.1 Å². The monoisotopic (exact) mass is 267 g/mol. The lowest BCUT2D eigenvalue weighted by atomic mass is 9.95. The molecule has 0 aliphatic carbocycles. The van der Waals surface area contributed by atoms with Gasteiger partial charge in [-0.05, 0) is 23.6 Å². The second-order valence-corrected chi connectivity index (χ2v) is 4.67. The number of nitrogens with one attached hydrogen (secondary N) is 1. The van der Waals surface area contributed by atoms with Crippen molar-refractivity contribution in [3.05, 3.63) is 29.3 Å². The van der Waals surface area contributed by atoms with E-state index in [-0.39, 0.29) is 22.9 Å². The van der Waals surface area contributed by atoms with Crippen LogP contribution >= 0.6 is 0 Å². The molecule has 0 unspecified atom stereocenters. The first-order chi connectivity index (χ1) is 8.90. The Labute approximate surface area is 109 Å². The summed E-state index contributed by atoms with van der Waals surface area (Å²) >= 11 is 0. The van der Waals surface area contributed by atoms with Crippen molar-refractivity contribution in [2.45, 2.75) is 26.2 Å². The Balaban J connectivity index is 2.65. The minimum absolute atomic E-state index is 0.0668. The summed E-state index contributed by atoms with van der Waals surface area (Å²) in [4.78, 5) is 0. The van der Waals surface area contributed by atoms with Gasteiger partial charge in [0.25, 0.3) is 6.43 Å². The van der Waals surface area contributed by atoms with Crippen LogP contribution in [0.4, 0.5) is 14.6 Å². The van der Waals surface area contributed by atoms with E-state index in [4.69, 9.17) is 5.73 Å². The van der Waals surface area contributed by atoms with Crippen LogP contribution in [0.25, 0.3) is 11.3 Å². The molecule has 0 atom stereocenters. The van der Waals surface area contributed by atoms with Gasteiger partial charge in [0.15, 0.2) is 0 Å². The van der Waals surface area contributed by atoms with Crippen LogP contribution in [-0.2, 0) is 0 Å². The van der Waals surface area contributed by atoms with E-state index in [0.29, 0.717) is 5.69 Å². The van der Waals surface area contributed by atoms with E-state index < -0.39 is 12.2 Å². The average molecular weight is 267 g/mol. The summed E-state index contributed by atoms with van der Waals surface area (Å²) < 4.78 is 25.9. The highest BCUT2D eigenvalue weighted by Gasteiger charge is 2.20. The Hall–Kier alpha value is -2.11. The molecule has 2 aromatic rings. The standard InChI is InChI=1S/C13H15F2N3O/c1-6(2)7-3-8(10-5-11(16)18-17-10)12(19)9(4-7)13(14)15/h3-6,13,19H,1-2H3,(H3,16,17,18). The van der Waals surface area contributed by atoms with Crippen LogP contribution in [0.2, 0.25) is 0 Å². The summed E-state index contributed by atoms with van der Waals surface area (Å²) in [5.41, 5.74) is 6.53. The lowest BCUT2D eigenvalue weighted by Crippen LogP contribution is -1.95. The predicted octanol–water partition coefficient (Wildman–Crippen LogP) is 3.43. The summed E-state index contributed by atoms with van der Waals surface area (Å²) in [7, 11) is 0. The maximum atomic E-state index is 13.0. The summed E-state index contributed by atoms with van der Waals surface area (Å²) in [5.74, 6) is -0.136. The van der Waals surface area contributed by atoms with E-state index in [1.807, 2.05) is 13.8 Å². The minimum Gasteiger partial charge on any atom is -0.507 e. The molecule has 0 spiro atoms. The second-order valence-electron chi connectivity index (χ2n) is 4.67. The van der Waals surface area contributed by atoms with Crippen molar-refractivity contribution < 1.29 is 13.9 Å². The minimum atomic E-state index is -2.74. The maximum Gasteiger partial charge on any atom is 0.267 e. The topological polar surface area (TPSA) is 74.9 Å². The van der Waals surface area contributed by atoms with Gasteiger partial charge in [0.05, 0.1) is 11.3 Å². The van der Waals surface area contributed by atoms with Crippen LogP contribution < -0.4 is 5.73 Å². The first-order valence-electron chi connectivity index (χ1n) is 5.86. The van der Waals surface area contributed by atoms with E-state index in [9.17, 15) is 13.9 Å². The Kier molecular flexibility index (Phi) is 3.42. The number of alkyl halides is 2. The zero-order valence-corrected chi connectivity index (χ0v) is 10.6. The smallest absolute Gasteiger partial charge is 0.267 e. The number of phenols is 1. The van der Waals surface area contributed by atoms with Crippen molar-refractivity contribution in [1.29, 1.82) is 0 Å². The van der Waals surface area contributed by atoms with Crippen LogP contribution in [0.1, 0.15) is 37.3 Å². The Bertz CT molecular complexity index is 594. The maximum absolute atomic E-state index is 13.0. The number of hydrogen-bond acceptors (Lipinski definition) is 3. The number of phenolic OH excluding ortho intramolecular Hbond substituents is 1. The number of nitrogen functional groups attached to an aromatic ring is 1. The van der Waals surface area contributed by atoms with Gasteiger partial charge < -0.3 is 10.8 Å². The molecule has 0 aliphatic heterocycles. The molecule has 0 saturated carbocycles. The van der Waals surface area contributed by atoms with Gasteiger partial charge in [0, 0.05) is 11.6 Å². The highest BCUT2D eigenvalue weighted by molar-refractivity contribution is 5.71. The fourth-order valence-corrected chi connectivity index (χ4v) is 1.86. The number of H-pyrrole nitrogens is 1. The SMILES string of the molecule is CC(C)c1cc(-c2cc(N)n[nH]2)c(O)c(C(F)F)c1. The molecule has 19 heavy (non-hydrogen) atoms. The molecule has 0 radical (unpaired) electrons. The van der Waals surface area contributed by atoms with Gasteiger partial charge in [-0.25, -0.2) is 8.78 Å². The van der Waals surface area contributed by atoms with E-state index in [2.05, 4.69) is 10.2 Å². The van der Waals surface area contributed by atoms with Gasteiger partial charge in [-0.1, -0.05) is 13.8 Å². The molecule has 0 saturated heterocycles. The normalized spacial score (nSPS) is 11.5. The van der Waals surface area contributed by atoms with Crippen molar-refractivity contribution in [2.75, 3.05) is 5.73 Å². The van der Waals surface area contributed by atoms with E-state index in [1.54, 1.807) is 6.07 Å². The van der Waals surface area contributed by atoms with Crippen molar-refractivity contribution in [2.24, 2.45) is 0 Å². The van der Waals surface area contributed by atoms with E-state index in [0.717, 1.165) is 5.56 Å². The van der Waals surface area contributed by atoms with Crippen molar-refractivity contribution in [1.82, 2.24) is 10.2 Å². The summed E-state index contributed by atoms with van der Waals surface area (Å²) in [5, 5.41) is 16.3. The number of anilines is 1. The van der Waals surface area contributed by atoms with Crippen LogP contribution in [0.15, 0.2) is 18.2 Å². The average Bonchev–Trinajstić information content (AvgIpc) is 2.75. The molecular formula is C13H15F2N3O. The van der Waals surface area contributed by atoms with Gasteiger partial charge in [-0.3, -0.25) is 5.10 Å². The quantitative estimate of drug-likeness (QED) is 0.797. The first-order valence-corrected chi connectivity index (χ1v) is 5.86. The highest BCUT2D eigenvalue weighted by Crippen LogP contribution is 2.39. The molecule has 0 amide bonds. The van der Waals surface area contributed by atoms with Crippen LogP contribution in [0.3, 0.4) is 0 Å². The number of aromatic hydroxyl groups is 1. The number of nitrogens with two attached hydrogens (primary N) is 1. The van der Waals surface area contributed by atoms with Gasteiger partial charge in [-0.15, -0.1) is 0 Å². The molecule has 102 valence electrons. The highest BCUT2D eigenvalue weighted by atomic mass is 19.3. The molecule has 2 rings (SSSR count). The molecule has 4 nitrogen and oxygen atoms in total. The number of nitrogens with zero attached hydrogens (tertiary/aromatic N) is 1. The molecule has 1 heterocycles. The number of hydrogen-bond donors (Lipinski definition) is 3. The number of aromatic nitrogens is 2. The van der Waals surface area contributed by atoms with Gasteiger partial charge in [-0.2, -0.15) is 5.10 Å². The lowest BCUT2D eigenvalue weighted by Gasteiger charge is -2.13. The van der Waals surface area contributed by atoms with Crippen LogP contribution in [0, 0.1) is 0 Å². The number of aromatic amines is 1. The largest absolute Gasteiger partial charge is 0.507 e. The second kappa shape index (κ2) is 4.87. The molecular weight excluding hydrogens is 252 g/mol. The Morgan fingerprint density at radius 2 is 1.95 bits per heavy atom. The third-order valence-corrected chi connectivity index (χ3v) is 2.95. The van der Waals surface area contributed by atoms with Crippen molar-refractivity contribution >= 4 is 5.82 Å². The third kappa shape index (κ3) is 2.52. The number of halogens is 2. The predicted molar refractivity (Wildman–Crippen MR) is 69.1 cm³/mol. The zero-order valence-electron chi connectivity index (χ0n) is 10.6. The Morgan fingerprint density at radius 1 is 1.26 bits per heavy atom.